The second kappa shape index (κ2) is 37.9. The fourth-order valence-electron chi connectivity index (χ4n) is 8.05. The van der Waals surface area contributed by atoms with E-state index in [-0.39, 0.29) is 108 Å². The molecule has 0 aromatic heterocycles. The first-order valence-electron chi connectivity index (χ1n) is 26.4. The third-order valence-corrected chi connectivity index (χ3v) is 12.0. The smallest absolute Gasteiger partial charge is 0.326 e. The molecule has 19 N–H and O–H groups in total. The topological polar surface area (TPSA) is 400 Å². The normalized spacial score (nSPS) is 14.5. The van der Waals surface area contributed by atoms with Crippen LogP contribution in [0.4, 0.5) is 0 Å². The maximum Gasteiger partial charge on any atom is 0.326 e. The molecule has 0 saturated carbocycles. The van der Waals surface area contributed by atoms with Gasteiger partial charge in [-0.15, -0.1) is 0 Å². The number of hydrogen-bond donors (Lipinski definition) is 14. The summed E-state index contributed by atoms with van der Waals surface area (Å²) in [5, 5.41) is 30.8. The highest BCUT2D eigenvalue weighted by molar-refractivity contribution is 5.98. The lowest BCUT2D eigenvalue weighted by molar-refractivity contribution is -0.143. The van der Waals surface area contributed by atoms with Crippen LogP contribution in [-0.4, -0.2) is 139 Å². The van der Waals surface area contributed by atoms with E-state index in [0.717, 1.165) is 32.1 Å². The minimum absolute atomic E-state index is 0.0240. The maximum atomic E-state index is 14.3. The summed E-state index contributed by atoms with van der Waals surface area (Å²) in [5.74, 6) is -7.14. The van der Waals surface area contributed by atoms with E-state index in [1.54, 1.807) is 44.2 Å². The molecule has 1 aromatic carbocycles. The fourth-order valence-corrected chi connectivity index (χ4v) is 8.05. The number of nitrogens with two attached hydrogens (primary N) is 5. The molecule has 0 fully saturated rings. The second-order valence-corrected chi connectivity index (χ2v) is 19.6. The molecule has 0 saturated heterocycles. The Morgan fingerprint density at radius 3 is 1.11 bits per heavy atom. The molecule has 74 heavy (non-hydrogen) atoms. The predicted molar refractivity (Wildman–Crippen MR) is 283 cm³/mol. The number of benzene rings is 1. The first kappa shape index (κ1) is 66.3. The molecule has 8 atom stereocenters. The molecule has 0 heterocycles. The SMILES string of the molecule is CCCCCCCCCC(=O)N[C@H](CCN)C(=O)N[C@@H](CCN)C(=O)N[C@@H](CCN)C(=O)N[C@@H](CC(C)C)C(=O)N[C@H](Cc1ccccc1)C(=O)N[C@@H](CCN)C(=O)N[C@@H](CCN)C(=O)N[C@@H](CC(C)C)C(=O)O. The Hall–Kier alpha value is -5.75. The van der Waals surface area contributed by atoms with Gasteiger partial charge in [-0.3, -0.25) is 38.4 Å². The summed E-state index contributed by atoms with van der Waals surface area (Å²) in [4.78, 5) is 122. The summed E-state index contributed by atoms with van der Waals surface area (Å²) in [6.07, 6.45) is 7.37. The van der Waals surface area contributed by atoms with Gasteiger partial charge in [-0.05, 0) is 101 Å². The summed E-state index contributed by atoms with van der Waals surface area (Å²) >= 11 is 0. The lowest BCUT2D eigenvalue weighted by Gasteiger charge is -2.28. The average molecular weight is 1050 g/mol. The van der Waals surface area contributed by atoms with E-state index in [0.29, 0.717) is 12.0 Å². The summed E-state index contributed by atoms with van der Waals surface area (Å²) in [6.45, 7) is 9.24. The van der Waals surface area contributed by atoms with Crippen molar-refractivity contribution < 1.29 is 48.3 Å². The number of carbonyl (C=O) groups excluding carboxylic acids is 8. The molecule has 0 spiro atoms. The molecule has 420 valence electrons. The lowest BCUT2D eigenvalue weighted by atomic mass is 10.00. The van der Waals surface area contributed by atoms with Crippen LogP contribution in [0.1, 0.15) is 136 Å². The van der Waals surface area contributed by atoms with Crippen LogP contribution in [-0.2, 0) is 49.6 Å². The van der Waals surface area contributed by atoms with Crippen LogP contribution in [0.2, 0.25) is 0 Å². The van der Waals surface area contributed by atoms with Crippen LogP contribution in [0.25, 0.3) is 0 Å². The highest BCUT2D eigenvalue weighted by Gasteiger charge is 2.35. The lowest BCUT2D eigenvalue weighted by Crippen LogP contribution is -2.61. The molecule has 0 unspecified atom stereocenters. The van der Waals surface area contributed by atoms with Gasteiger partial charge in [0.2, 0.25) is 47.3 Å². The Kier molecular flexibility index (Phi) is 33.9. The Morgan fingerprint density at radius 2 is 0.730 bits per heavy atom. The van der Waals surface area contributed by atoms with Crippen molar-refractivity contribution in [2.24, 2.45) is 40.5 Å². The largest absolute Gasteiger partial charge is 0.480 e. The number of carbonyl (C=O) groups is 9. The number of aliphatic carboxylic acids is 1. The van der Waals surface area contributed by atoms with Crippen molar-refractivity contribution in [1.29, 1.82) is 0 Å². The number of carboxylic acid groups (broad SMARTS) is 1. The number of amides is 8. The van der Waals surface area contributed by atoms with Crippen molar-refractivity contribution in [1.82, 2.24) is 42.5 Å². The Bertz CT molecular complexity index is 1880. The number of rotatable bonds is 40. The zero-order valence-electron chi connectivity index (χ0n) is 44.5. The van der Waals surface area contributed by atoms with Gasteiger partial charge in [0.15, 0.2) is 0 Å². The fraction of sp³-hybridized carbons (Fsp3) is 0.706. The van der Waals surface area contributed by atoms with E-state index in [4.69, 9.17) is 28.7 Å². The molecule has 1 aromatic rings. The monoisotopic (exact) mass is 1050 g/mol. The third-order valence-electron chi connectivity index (χ3n) is 12.0. The van der Waals surface area contributed by atoms with Gasteiger partial charge in [0.05, 0.1) is 0 Å². The van der Waals surface area contributed by atoms with E-state index in [9.17, 15) is 48.3 Å². The molecular formula is C51H91N13O10. The van der Waals surface area contributed by atoms with Gasteiger partial charge < -0.3 is 76.3 Å². The molecule has 0 aliphatic carbocycles. The molecule has 23 nitrogen and oxygen atoms in total. The first-order chi connectivity index (χ1) is 35.2. The summed E-state index contributed by atoms with van der Waals surface area (Å²) < 4.78 is 0. The van der Waals surface area contributed by atoms with Gasteiger partial charge in [-0.2, -0.15) is 0 Å². The molecule has 0 radical (unpaired) electrons. The van der Waals surface area contributed by atoms with E-state index in [2.05, 4.69) is 49.5 Å². The number of carboxylic acids is 1. The van der Waals surface area contributed by atoms with Gasteiger partial charge in [0.25, 0.3) is 0 Å². The van der Waals surface area contributed by atoms with E-state index in [1.807, 2.05) is 13.8 Å². The third kappa shape index (κ3) is 27.0. The van der Waals surface area contributed by atoms with Gasteiger partial charge >= 0.3 is 5.97 Å². The first-order valence-corrected chi connectivity index (χ1v) is 26.4. The number of nitrogens with one attached hydrogen (secondary N) is 8. The maximum absolute atomic E-state index is 14.3. The zero-order chi connectivity index (χ0) is 55.6. The number of unbranched alkanes of at least 4 members (excludes halogenated alkanes) is 6. The molecular weight excluding hydrogens is 955 g/mol. The van der Waals surface area contributed by atoms with Crippen LogP contribution in [0.3, 0.4) is 0 Å². The van der Waals surface area contributed by atoms with Crippen molar-refractivity contribution in [3.63, 3.8) is 0 Å². The quantitative estimate of drug-likeness (QED) is 0.0357. The van der Waals surface area contributed by atoms with Crippen molar-refractivity contribution >= 4 is 53.2 Å². The summed E-state index contributed by atoms with van der Waals surface area (Å²) in [7, 11) is 0. The van der Waals surface area contributed by atoms with E-state index < -0.39 is 95.7 Å². The van der Waals surface area contributed by atoms with Gasteiger partial charge in [0, 0.05) is 12.8 Å². The second-order valence-electron chi connectivity index (χ2n) is 19.6. The van der Waals surface area contributed by atoms with Crippen molar-refractivity contribution in [3.8, 4) is 0 Å². The van der Waals surface area contributed by atoms with Gasteiger partial charge in [-0.25, -0.2) is 4.79 Å². The van der Waals surface area contributed by atoms with E-state index in [1.165, 1.54) is 6.42 Å². The van der Waals surface area contributed by atoms with Crippen LogP contribution in [0, 0.1) is 11.8 Å². The average Bonchev–Trinajstić information content (AvgIpc) is 3.34. The molecule has 23 heteroatoms. The standard InChI is InChI=1S/C51H91N13O10/c1-6-7-8-9-10-11-15-18-43(65)57-35(19-24-52)44(66)58-36(20-25-53)45(67)59-38(22-27-55)47(69)62-40(29-32(2)3)49(71)63-41(31-34-16-13-12-14-17-34)50(72)61-37(21-26-54)46(68)60-39(23-28-56)48(70)64-42(51(73)74)30-33(4)5/h12-14,16-17,32-33,35-42H,6-11,15,18-31,52-56H2,1-5H3,(H,57,65)(H,58,66)(H,59,67)(H,60,68)(H,61,72)(H,62,69)(H,63,71)(H,64,70)(H,73,74)/t35-,36+,37+,38+,39+,40+,41-,42+/m1/s1. The summed E-state index contributed by atoms with van der Waals surface area (Å²) in [6, 6.07) is -1.20. The zero-order valence-corrected chi connectivity index (χ0v) is 44.5. The van der Waals surface area contributed by atoms with Crippen molar-refractivity contribution in [2.45, 2.75) is 186 Å². The molecule has 8 amide bonds. The van der Waals surface area contributed by atoms with Gasteiger partial charge in [-0.1, -0.05) is 103 Å². The van der Waals surface area contributed by atoms with Crippen LogP contribution in [0.15, 0.2) is 30.3 Å². The van der Waals surface area contributed by atoms with Crippen LogP contribution in [0.5, 0.6) is 0 Å². The van der Waals surface area contributed by atoms with Crippen LogP contribution < -0.4 is 71.2 Å². The van der Waals surface area contributed by atoms with E-state index >= 15 is 0 Å². The molecule has 0 aliphatic heterocycles. The highest BCUT2D eigenvalue weighted by Crippen LogP contribution is 2.12. The number of hydrogen-bond acceptors (Lipinski definition) is 14. The minimum atomic E-state index is -1.33. The summed E-state index contributed by atoms with van der Waals surface area (Å²) in [5.41, 5.74) is 29.8. The predicted octanol–water partition coefficient (Wildman–Crippen LogP) is -0.831. The Labute approximate surface area is 437 Å². The Morgan fingerprint density at radius 1 is 0.419 bits per heavy atom. The van der Waals surface area contributed by atoms with Crippen molar-refractivity contribution in [2.75, 3.05) is 32.7 Å². The molecule has 0 aliphatic rings. The molecule has 1 rings (SSSR count). The highest BCUT2D eigenvalue weighted by atomic mass is 16.4. The van der Waals surface area contributed by atoms with Crippen molar-refractivity contribution in [3.05, 3.63) is 35.9 Å². The minimum Gasteiger partial charge on any atom is -0.480 e. The van der Waals surface area contributed by atoms with Crippen LogP contribution >= 0.6 is 0 Å². The van der Waals surface area contributed by atoms with Gasteiger partial charge in [0.1, 0.15) is 48.3 Å². The Balaban J connectivity index is 3.32. The molecule has 0 bridgehead atoms.